The van der Waals surface area contributed by atoms with Crippen molar-refractivity contribution >= 4 is 5.78 Å². The third-order valence-electron chi connectivity index (χ3n) is 4.30. The number of aromatic nitrogens is 3. The molecule has 0 spiro atoms. The predicted octanol–water partition coefficient (Wildman–Crippen LogP) is 2.87. The molecule has 0 bridgehead atoms. The van der Waals surface area contributed by atoms with E-state index in [9.17, 15) is 0 Å². The summed E-state index contributed by atoms with van der Waals surface area (Å²) in [5.41, 5.74) is 4.92. The van der Waals surface area contributed by atoms with Crippen molar-refractivity contribution in [2.45, 2.75) is 26.9 Å². The summed E-state index contributed by atoms with van der Waals surface area (Å²) in [6, 6.07) is 11.9. The van der Waals surface area contributed by atoms with Crippen molar-refractivity contribution in [2.75, 3.05) is 20.3 Å². The third-order valence-corrected chi connectivity index (χ3v) is 4.30. The second-order valence-corrected chi connectivity index (χ2v) is 6.45. The monoisotopic (exact) mass is 349 g/mol. The average molecular weight is 349 g/mol. The first-order chi connectivity index (χ1) is 12.6. The van der Waals surface area contributed by atoms with E-state index < -0.39 is 0 Å². The van der Waals surface area contributed by atoms with E-state index in [-0.39, 0.29) is 0 Å². The molecule has 0 fully saturated rings. The summed E-state index contributed by atoms with van der Waals surface area (Å²) in [5.74, 6) is 0.738. The molecule has 3 aromatic rings. The Morgan fingerprint density at radius 1 is 1.15 bits per heavy atom. The van der Waals surface area contributed by atoms with Crippen LogP contribution in [0, 0.1) is 25.2 Å². The van der Waals surface area contributed by atoms with Crippen LogP contribution in [0.3, 0.4) is 0 Å². The molecule has 1 aromatic carbocycles. The number of hydrogen-bond acceptors (Lipinski definition) is 5. The van der Waals surface area contributed by atoms with Crippen LogP contribution in [0.4, 0.5) is 0 Å². The Morgan fingerprint density at radius 3 is 2.62 bits per heavy atom. The molecule has 134 valence electrons. The lowest BCUT2D eigenvalue weighted by atomic mass is 10.1. The Balaban J connectivity index is 1.79. The van der Waals surface area contributed by atoms with Gasteiger partial charge in [0.1, 0.15) is 0 Å². The fourth-order valence-electron chi connectivity index (χ4n) is 3.00. The number of hydrogen-bond donors (Lipinski definition) is 0. The van der Waals surface area contributed by atoms with Crippen molar-refractivity contribution in [2.24, 2.45) is 0 Å². The summed E-state index contributed by atoms with van der Waals surface area (Å²) in [6.45, 7) is 6.99. The van der Waals surface area contributed by atoms with Crippen molar-refractivity contribution in [1.29, 1.82) is 5.26 Å². The molecule has 26 heavy (non-hydrogen) atoms. The number of aryl methyl sites for hydroxylation is 2. The van der Waals surface area contributed by atoms with Gasteiger partial charge in [-0.3, -0.25) is 9.30 Å². The molecule has 6 nitrogen and oxygen atoms in total. The number of nitriles is 1. The van der Waals surface area contributed by atoms with Crippen molar-refractivity contribution < 1.29 is 4.74 Å². The van der Waals surface area contributed by atoms with Gasteiger partial charge in [-0.15, -0.1) is 0 Å². The van der Waals surface area contributed by atoms with Gasteiger partial charge in [-0.25, -0.2) is 9.97 Å². The molecule has 0 aliphatic carbocycles. The van der Waals surface area contributed by atoms with Crippen LogP contribution in [-0.2, 0) is 17.8 Å². The molecule has 3 rings (SSSR count). The zero-order valence-corrected chi connectivity index (χ0v) is 15.4. The molecule has 0 N–H and O–H groups in total. The first kappa shape index (κ1) is 18.1. The number of methoxy groups -OCH3 is 1. The molecule has 0 aliphatic heterocycles. The van der Waals surface area contributed by atoms with Crippen molar-refractivity contribution in [1.82, 2.24) is 19.3 Å². The Bertz CT molecular complexity index is 924. The van der Waals surface area contributed by atoms with E-state index in [2.05, 4.69) is 40.1 Å². The van der Waals surface area contributed by atoms with E-state index in [1.807, 2.05) is 35.6 Å². The van der Waals surface area contributed by atoms with E-state index >= 15 is 0 Å². The molecule has 0 saturated heterocycles. The van der Waals surface area contributed by atoms with Crippen LogP contribution in [0.1, 0.15) is 28.2 Å². The first-order valence-electron chi connectivity index (χ1n) is 8.61. The van der Waals surface area contributed by atoms with Gasteiger partial charge in [0.25, 0.3) is 0 Å². The average Bonchev–Trinajstić information content (AvgIpc) is 3.03. The highest BCUT2D eigenvalue weighted by Crippen LogP contribution is 2.13. The molecule has 0 aliphatic rings. The summed E-state index contributed by atoms with van der Waals surface area (Å²) in [5, 5.41) is 8.94. The molecule has 0 unspecified atom stereocenters. The maximum Gasteiger partial charge on any atom is 0.234 e. The van der Waals surface area contributed by atoms with Gasteiger partial charge in [0.15, 0.2) is 0 Å². The SMILES string of the molecule is COCCN(Cc1ccc(C#N)cc1)Cc1cn2c(C)cc(C)nc2n1. The van der Waals surface area contributed by atoms with Gasteiger partial charge in [0, 0.05) is 44.3 Å². The molecular formula is C20H23N5O. The second-order valence-electron chi connectivity index (χ2n) is 6.45. The van der Waals surface area contributed by atoms with Crippen molar-refractivity contribution in [3.63, 3.8) is 0 Å². The summed E-state index contributed by atoms with van der Waals surface area (Å²) in [7, 11) is 1.71. The van der Waals surface area contributed by atoms with E-state index in [0.29, 0.717) is 18.7 Å². The molecule has 2 heterocycles. The van der Waals surface area contributed by atoms with Crippen molar-refractivity contribution in [3.8, 4) is 6.07 Å². The molecular weight excluding hydrogens is 326 g/mol. The van der Waals surface area contributed by atoms with E-state index in [1.54, 1.807) is 7.11 Å². The van der Waals surface area contributed by atoms with Gasteiger partial charge < -0.3 is 4.74 Å². The minimum atomic E-state index is 0.653. The molecule has 0 radical (unpaired) electrons. The normalized spacial score (nSPS) is 11.2. The molecule has 6 heteroatoms. The summed E-state index contributed by atoms with van der Waals surface area (Å²) >= 11 is 0. The molecule has 2 aromatic heterocycles. The second kappa shape index (κ2) is 8.09. The highest BCUT2D eigenvalue weighted by molar-refractivity contribution is 5.35. The highest BCUT2D eigenvalue weighted by Gasteiger charge is 2.12. The summed E-state index contributed by atoms with van der Waals surface area (Å²) in [6.07, 6.45) is 2.05. The fourth-order valence-corrected chi connectivity index (χ4v) is 3.00. The van der Waals surface area contributed by atoms with Gasteiger partial charge in [0.05, 0.1) is 23.9 Å². The van der Waals surface area contributed by atoms with Crippen LogP contribution < -0.4 is 0 Å². The number of imidazole rings is 1. The number of rotatable bonds is 7. The molecule has 0 amide bonds. The smallest absolute Gasteiger partial charge is 0.234 e. The number of ether oxygens (including phenoxy) is 1. The summed E-state index contributed by atoms with van der Waals surface area (Å²) in [4.78, 5) is 11.5. The Hall–Kier alpha value is -2.75. The predicted molar refractivity (Wildman–Crippen MR) is 99.6 cm³/mol. The highest BCUT2D eigenvalue weighted by atomic mass is 16.5. The quantitative estimate of drug-likeness (QED) is 0.656. The minimum absolute atomic E-state index is 0.653. The lowest BCUT2D eigenvalue weighted by molar-refractivity contribution is 0.139. The number of nitrogens with zero attached hydrogens (tertiary/aromatic N) is 5. The standard InChI is InChI=1S/C20H23N5O/c1-15-10-16(2)25-14-19(23-20(25)22-15)13-24(8-9-26-3)12-18-6-4-17(11-21)5-7-18/h4-7,10,14H,8-9,12-13H2,1-3H3. The maximum absolute atomic E-state index is 8.94. The lowest BCUT2D eigenvalue weighted by Crippen LogP contribution is -2.26. The zero-order chi connectivity index (χ0) is 18.5. The van der Waals surface area contributed by atoms with Crippen LogP contribution >= 0.6 is 0 Å². The lowest BCUT2D eigenvalue weighted by Gasteiger charge is -2.21. The topological polar surface area (TPSA) is 66.5 Å². The van der Waals surface area contributed by atoms with Crippen LogP contribution in [0.5, 0.6) is 0 Å². The van der Waals surface area contributed by atoms with Gasteiger partial charge >= 0.3 is 0 Å². The van der Waals surface area contributed by atoms with Crippen LogP contribution in [0.2, 0.25) is 0 Å². The van der Waals surface area contributed by atoms with Gasteiger partial charge in [-0.2, -0.15) is 5.26 Å². The maximum atomic E-state index is 8.94. The van der Waals surface area contributed by atoms with Crippen LogP contribution in [-0.4, -0.2) is 39.5 Å². The minimum Gasteiger partial charge on any atom is -0.383 e. The fraction of sp³-hybridized carbons (Fsp3) is 0.350. The van der Waals surface area contributed by atoms with Gasteiger partial charge in [0.2, 0.25) is 5.78 Å². The first-order valence-corrected chi connectivity index (χ1v) is 8.61. The van der Waals surface area contributed by atoms with E-state index in [4.69, 9.17) is 10.00 Å². The van der Waals surface area contributed by atoms with Gasteiger partial charge in [-0.1, -0.05) is 12.1 Å². The number of fused-ring (bicyclic) bond motifs is 1. The van der Waals surface area contributed by atoms with E-state index in [0.717, 1.165) is 41.5 Å². The van der Waals surface area contributed by atoms with Crippen LogP contribution in [0.25, 0.3) is 5.78 Å². The molecule has 0 saturated carbocycles. The van der Waals surface area contributed by atoms with Gasteiger partial charge in [-0.05, 0) is 37.6 Å². The third kappa shape index (κ3) is 4.26. The Kier molecular flexibility index (Phi) is 5.61. The molecule has 0 atom stereocenters. The van der Waals surface area contributed by atoms with Crippen LogP contribution in [0.15, 0.2) is 36.5 Å². The number of benzene rings is 1. The largest absolute Gasteiger partial charge is 0.383 e. The summed E-state index contributed by atoms with van der Waals surface area (Å²) < 4.78 is 7.28. The zero-order valence-electron chi connectivity index (χ0n) is 15.4. The Labute approximate surface area is 153 Å². The Morgan fingerprint density at radius 2 is 1.92 bits per heavy atom. The van der Waals surface area contributed by atoms with Crippen molar-refractivity contribution in [3.05, 3.63) is 64.7 Å². The van der Waals surface area contributed by atoms with E-state index in [1.165, 1.54) is 0 Å².